The van der Waals surface area contributed by atoms with E-state index in [2.05, 4.69) is 5.32 Å². The lowest BCUT2D eigenvalue weighted by Gasteiger charge is -2.38. The van der Waals surface area contributed by atoms with Crippen molar-refractivity contribution < 1.29 is 27.9 Å². The van der Waals surface area contributed by atoms with Crippen LogP contribution in [0.4, 0.5) is 10.1 Å². The summed E-state index contributed by atoms with van der Waals surface area (Å²) in [4.78, 5) is 39.9. The third-order valence-corrected chi connectivity index (χ3v) is 6.93. The number of halogens is 1. The number of ether oxygens (including phenoxy) is 1. The van der Waals surface area contributed by atoms with Gasteiger partial charge in [-0.15, -0.1) is 0 Å². The zero-order chi connectivity index (χ0) is 26.4. The summed E-state index contributed by atoms with van der Waals surface area (Å²) in [6, 6.07) is 15.7. The highest BCUT2D eigenvalue weighted by molar-refractivity contribution is 6.29. The lowest BCUT2D eigenvalue weighted by Crippen LogP contribution is -2.60. The highest BCUT2D eigenvalue weighted by Gasteiger charge is 2.48. The first-order valence-corrected chi connectivity index (χ1v) is 11.8. The molecule has 1 heterocycles. The number of rotatable bonds is 6. The number of hydrogen-bond donors (Lipinski definition) is 1. The van der Waals surface area contributed by atoms with Gasteiger partial charge in [-0.1, -0.05) is 12.1 Å². The van der Waals surface area contributed by atoms with Crippen molar-refractivity contribution >= 4 is 34.1 Å². The molecule has 0 radical (unpaired) electrons. The number of methoxy groups -OCH3 is 1. The number of nitrogens with one attached hydrogen (secondary N) is 1. The van der Waals surface area contributed by atoms with Crippen LogP contribution in [0.2, 0.25) is 0 Å². The number of ketones is 2. The maximum Gasteiger partial charge on any atom is 0.255 e. The minimum Gasteiger partial charge on any atom is -0.497 e. The number of amides is 1. The van der Waals surface area contributed by atoms with Gasteiger partial charge in [-0.2, -0.15) is 0 Å². The topological polar surface area (TPSA) is 88.9 Å². The van der Waals surface area contributed by atoms with E-state index in [0.29, 0.717) is 44.9 Å². The lowest BCUT2D eigenvalue weighted by molar-refractivity contribution is -0.145. The maximum absolute atomic E-state index is 13.6. The smallest absolute Gasteiger partial charge is 0.255 e. The SMILES string of the molecule is CNC(=O)c1c(-c2ccc(F)cc2)oc2cc(N(C)C3C(=O)C(C)C3=O)c(-c3ccc(OC)cc3)cc12. The molecule has 0 unspecified atom stereocenters. The number of hydrogen-bond acceptors (Lipinski definition) is 6. The van der Waals surface area contributed by atoms with E-state index in [9.17, 15) is 18.8 Å². The van der Waals surface area contributed by atoms with Crippen LogP contribution >= 0.6 is 0 Å². The van der Waals surface area contributed by atoms with Gasteiger partial charge in [0.05, 0.1) is 18.6 Å². The second-order valence-corrected chi connectivity index (χ2v) is 9.03. The molecule has 37 heavy (non-hydrogen) atoms. The molecule has 1 fully saturated rings. The van der Waals surface area contributed by atoms with Gasteiger partial charge in [-0.3, -0.25) is 14.4 Å². The average Bonchev–Trinajstić information content (AvgIpc) is 3.30. The van der Waals surface area contributed by atoms with E-state index < -0.39 is 17.8 Å². The van der Waals surface area contributed by atoms with Gasteiger partial charge >= 0.3 is 0 Å². The molecule has 1 amide bonds. The molecule has 4 aromatic rings. The summed E-state index contributed by atoms with van der Waals surface area (Å²) in [5.74, 6) is -0.732. The molecule has 1 aliphatic carbocycles. The second-order valence-electron chi connectivity index (χ2n) is 9.03. The molecule has 3 aromatic carbocycles. The molecule has 5 rings (SSSR count). The first-order chi connectivity index (χ1) is 17.7. The fourth-order valence-corrected chi connectivity index (χ4v) is 4.76. The minimum absolute atomic E-state index is 0.147. The first kappa shape index (κ1) is 24.2. The summed E-state index contributed by atoms with van der Waals surface area (Å²) in [7, 11) is 4.80. The van der Waals surface area contributed by atoms with Crippen molar-refractivity contribution in [2.45, 2.75) is 13.0 Å². The molecule has 1 aliphatic rings. The Morgan fingerprint density at radius 1 is 1.00 bits per heavy atom. The molecule has 188 valence electrons. The van der Waals surface area contributed by atoms with Crippen LogP contribution in [0.3, 0.4) is 0 Å². The molecule has 1 N–H and O–H groups in total. The molecule has 8 heteroatoms. The Balaban J connectivity index is 1.76. The number of likely N-dealkylation sites (N-methyl/N-ethyl adjacent to an activating group) is 1. The molecular formula is C29H25FN2O5. The van der Waals surface area contributed by atoms with E-state index in [-0.39, 0.29) is 17.5 Å². The third kappa shape index (κ3) is 3.94. The summed E-state index contributed by atoms with van der Waals surface area (Å²) < 4.78 is 25.1. The van der Waals surface area contributed by atoms with Crippen LogP contribution in [-0.4, -0.2) is 44.7 Å². The molecule has 0 atom stereocenters. The molecule has 1 saturated carbocycles. The summed E-state index contributed by atoms with van der Waals surface area (Å²) in [6.45, 7) is 1.61. The van der Waals surface area contributed by atoms with Crippen LogP contribution in [-0.2, 0) is 9.59 Å². The minimum atomic E-state index is -0.894. The number of carbonyl (C=O) groups excluding carboxylic acids is 3. The number of carbonyl (C=O) groups is 3. The largest absolute Gasteiger partial charge is 0.497 e. The second kappa shape index (κ2) is 9.20. The van der Waals surface area contributed by atoms with Gasteiger partial charge in [0.15, 0.2) is 11.6 Å². The number of benzene rings is 3. The Morgan fingerprint density at radius 3 is 2.22 bits per heavy atom. The maximum atomic E-state index is 13.6. The first-order valence-electron chi connectivity index (χ1n) is 11.8. The van der Waals surface area contributed by atoms with Crippen LogP contribution in [0.5, 0.6) is 5.75 Å². The van der Waals surface area contributed by atoms with Crippen LogP contribution in [0, 0.1) is 11.7 Å². The number of nitrogens with zero attached hydrogens (tertiary/aromatic N) is 1. The van der Waals surface area contributed by atoms with Crippen molar-refractivity contribution in [1.29, 1.82) is 0 Å². The highest BCUT2D eigenvalue weighted by Crippen LogP contribution is 2.42. The molecule has 0 aliphatic heterocycles. The van der Waals surface area contributed by atoms with Gasteiger partial charge < -0.3 is 19.4 Å². The summed E-state index contributed by atoms with van der Waals surface area (Å²) in [5, 5.41) is 3.20. The normalized spacial score (nSPS) is 17.0. The van der Waals surface area contributed by atoms with Gasteiger partial charge in [0.1, 0.15) is 29.0 Å². The van der Waals surface area contributed by atoms with E-state index >= 15 is 0 Å². The molecule has 0 spiro atoms. The van der Waals surface area contributed by atoms with Crippen LogP contribution < -0.4 is 15.0 Å². The Kier molecular flexibility index (Phi) is 6.03. The van der Waals surface area contributed by atoms with Crippen molar-refractivity contribution in [1.82, 2.24) is 5.32 Å². The Bertz CT molecular complexity index is 1520. The lowest BCUT2D eigenvalue weighted by atomic mass is 9.77. The zero-order valence-electron chi connectivity index (χ0n) is 20.8. The number of fused-ring (bicyclic) bond motifs is 1. The van der Waals surface area contributed by atoms with Crippen LogP contribution in [0.25, 0.3) is 33.4 Å². The third-order valence-electron chi connectivity index (χ3n) is 6.93. The Morgan fingerprint density at radius 2 is 1.62 bits per heavy atom. The Labute approximate surface area is 212 Å². The van der Waals surface area contributed by atoms with Crippen molar-refractivity contribution in [3.8, 4) is 28.2 Å². The number of anilines is 1. The van der Waals surface area contributed by atoms with E-state index in [1.54, 1.807) is 44.2 Å². The van der Waals surface area contributed by atoms with Crippen LogP contribution in [0.15, 0.2) is 65.1 Å². The number of Topliss-reactive ketones (excluding diaryl/α,β-unsaturated/α-hetero) is 2. The monoisotopic (exact) mass is 500 g/mol. The summed E-state index contributed by atoms with van der Waals surface area (Å²) in [6.07, 6.45) is 0. The molecule has 1 aromatic heterocycles. The van der Waals surface area contributed by atoms with E-state index in [4.69, 9.17) is 9.15 Å². The van der Waals surface area contributed by atoms with E-state index in [0.717, 1.165) is 5.56 Å². The van der Waals surface area contributed by atoms with Gasteiger partial charge in [-0.25, -0.2) is 4.39 Å². The highest BCUT2D eigenvalue weighted by atomic mass is 19.1. The average molecular weight is 501 g/mol. The fourth-order valence-electron chi connectivity index (χ4n) is 4.76. The Hall–Kier alpha value is -4.46. The van der Waals surface area contributed by atoms with Crippen LogP contribution in [0.1, 0.15) is 17.3 Å². The summed E-state index contributed by atoms with van der Waals surface area (Å²) in [5.41, 5.74) is 3.33. The summed E-state index contributed by atoms with van der Waals surface area (Å²) >= 11 is 0. The quantitative estimate of drug-likeness (QED) is 0.380. The fraction of sp³-hybridized carbons (Fsp3) is 0.207. The van der Waals surface area contributed by atoms with Gasteiger partial charge in [0, 0.05) is 42.4 Å². The van der Waals surface area contributed by atoms with Gasteiger partial charge in [-0.05, 0) is 55.0 Å². The van der Waals surface area contributed by atoms with Crippen molar-refractivity contribution in [2.75, 3.05) is 26.1 Å². The van der Waals surface area contributed by atoms with Gasteiger partial charge in [0.2, 0.25) is 0 Å². The van der Waals surface area contributed by atoms with Gasteiger partial charge in [0.25, 0.3) is 5.91 Å². The van der Waals surface area contributed by atoms with E-state index in [1.165, 1.54) is 19.2 Å². The van der Waals surface area contributed by atoms with Crippen molar-refractivity contribution in [3.63, 3.8) is 0 Å². The molecular weight excluding hydrogens is 475 g/mol. The zero-order valence-corrected chi connectivity index (χ0v) is 20.8. The van der Waals surface area contributed by atoms with Crippen molar-refractivity contribution in [3.05, 3.63) is 72.0 Å². The molecule has 0 saturated heterocycles. The van der Waals surface area contributed by atoms with Crippen molar-refractivity contribution in [2.24, 2.45) is 5.92 Å². The molecule has 7 nitrogen and oxygen atoms in total. The van der Waals surface area contributed by atoms with E-state index in [1.807, 2.05) is 30.3 Å². The predicted octanol–water partition coefficient (Wildman–Crippen LogP) is 4.87. The molecule has 0 bridgehead atoms. The predicted molar refractivity (Wildman–Crippen MR) is 138 cm³/mol. The number of furan rings is 1. The standard InChI is InChI=1S/C29H25FN2O5/c1-15-26(33)25(27(15)34)32(3)22-14-23-21(13-20(22)16-7-11-19(36-4)12-8-16)24(29(35)31-2)28(37-23)17-5-9-18(30)10-6-17/h5-15,25H,1-4H3,(H,31,35).